The smallest absolute Gasteiger partial charge is 0.407 e. The minimum atomic E-state index is -1.05. The first kappa shape index (κ1) is 21.6. The van der Waals surface area contributed by atoms with Crippen molar-refractivity contribution in [3.8, 4) is 0 Å². The summed E-state index contributed by atoms with van der Waals surface area (Å²) in [5, 5.41) is 12.6. The minimum Gasteiger partial charge on any atom is -0.445 e. The van der Waals surface area contributed by atoms with E-state index in [4.69, 9.17) is 4.74 Å². The van der Waals surface area contributed by atoms with Crippen molar-refractivity contribution >= 4 is 17.7 Å². The van der Waals surface area contributed by atoms with Gasteiger partial charge in [-0.25, -0.2) is 4.79 Å². The van der Waals surface area contributed by atoms with Crippen LogP contribution in [0.2, 0.25) is 0 Å². The third-order valence-corrected chi connectivity index (χ3v) is 5.83. The lowest BCUT2D eigenvalue weighted by molar-refractivity contribution is -0.123. The van der Waals surface area contributed by atoms with Gasteiger partial charge in [-0.05, 0) is 29.2 Å². The van der Waals surface area contributed by atoms with Crippen LogP contribution in [0.3, 0.4) is 0 Å². The molecule has 0 unspecified atom stereocenters. The monoisotopic (exact) mass is 430 g/mol. The van der Waals surface area contributed by atoms with E-state index < -0.39 is 11.5 Å². The van der Waals surface area contributed by atoms with Gasteiger partial charge < -0.3 is 20.1 Å². The highest BCUT2D eigenvalue weighted by atomic mass is 16.5. The van der Waals surface area contributed by atoms with Gasteiger partial charge in [0, 0.05) is 18.8 Å². The summed E-state index contributed by atoms with van der Waals surface area (Å²) < 4.78 is 5.32. The van der Waals surface area contributed by atoms with Crippen molar-refractivity contribution in [3.63, 3.8) is 0 Å². The number of amides is 2. The number of carbonyl (C=O) groups is 2. The molecule has 0 fully saturated rings. The number of fused-ring (bicyclic) bond motifs is 1. The highest BCUT2D eigenvalue weighted by Crippen LogP contribution is 2.44. The lowest BCUT2D eigenvalue weighted by atomic mass is 9.78. The number of benzene rings is 3. The first-order valence-corrected chi connectivity index (χ1v) is 10.6. The van der Waals surface area contributed by atoms with Crippen molar-refractivity contribution in [1.82, 2.24) is 5.32 Å². The lowest BCUT2D eigenvalue weighted by Crippen LogP contribution is -2.48. The maximum atomic E-state index is 13.7. The molecular formula is C26H26N2O4. The van der Waals surface area contributed by atoms with Crippen molar-refractivity contribution in [2.24, 2.45) is 0 Å². The normalized spacial score (nSPS) is 17.2. The number of nitrogens with zero attached hydrogens (tertiary/aromatic N) is 1. The summed E-state index contributed by atoms with van der Waals surface area (Å²) in [6, 6.07) is 26.7. The average Bonchev–Trinajstić information content (AvgIpc) is 3.06. The van der Waals surface area contributed by atoms with E-state index >= 15 is 0 Å². The number of anilines is 1. The third-order valence-electron chi connectivity index (χ3n) is 5.83. The summed E-state index contributed by atoms with van der Waals surface area (Å²) in [5.41, 5.74) is 2.44. The van der Waals surface area contributed by atoms with Crippen LogP contribution in [0.25, 0.3) is 0 Å². The van der Waals surface area contributed by atoms with Crippen LogP contribution in [0.4, 0.5) is 10.5 Å². The number of hydrogen-bond acceptors (Lipinski definition) is 4. The van der Waals surface area contributed by atoms with Gasteiger partial charge in [0.2, 0.25) is 5.91 Å². The maximum absolute atomic E-state index is 13.7. The molecule has 2 N–H and O–H groups in total. The zero-order valence-electron chi connectivity index (χ0n) is 17.7. The molecule has 0 radical (unpaired) electrons. The topological polar surface area (TPSA) is 78.9 Å². The van der Waals surface area contributed by atoms with Crippen LogP contribution in [0.1, 0.15) is 23.1 Å². The van der Waals surface area contributed by atoms with Crippen molar-refractivity contribution in [2.45, 2.75) is 25.0 Å². The molecule has 1 atom stereocenters. The first-order chi connectivity index (χ1) is 15.6. The summed E-state index contributed by atoms with van der Waals surface area (Å²) in [4.78, 5) is 27.8. The number of rotatable bonds is 8. The van der Waals surface area contributed by atoms with Crippen molar-refractivity contribution in [2.75, 3.05) is 18.1 Å². The Balaban J connectivity index is 1.53. The van der Waals surface area contributed by atoms with Crippen LogP contribution in [-0.4, -0.2) is 30.3 Å². The standard InChI is InChI=1S/C26H26N2O4/c29-16-15-26(19-27-25(31)32-18-21-11-5-2-6-12-21)22-13-7-8-14-23(22)28(24(26)30)17-20-9-3-1-4-10-20/h1-14,29H,15-19H2,(H,27,31)/t26-/m0/s1. The fourth-order valence-electron chi connectivity index (χ4n) is 4.21. The summed E-state index contributed by atoms with van der Waals surface area (Å²) in [7, 11) is 0. The number of alkyl carbamates (subject to hydrolysis) is 1. The van der Waals surface area contributed by atoms with Crippen molar-refractivity contribution < 1.29 is 19.4 Å². The molecule has 0 aromatic heterocycles. The Morgan fingerprint density at radius 3 is 2.22 bits per heavy atom. The van der Waals surface area contributed by atoms with Crippen LogP contribution in [0.15, 0.2) is 84.9 Å². The van der Waals surface area contributed by atoms with Crippen LogP contribution >= 0.6 is 0 Å². The fourth-order valence-corrected chi connectivity index (χ4v) is 4.21. The third kappa shape index (κ3) is 4.36. The van der Waals surface area contributed by atoms with Gasteiger partial charge in [-0.15, -0.1) is 0 Å². The molecule has 6 heteroatoms. The maximum Gasteiger partial charge on any atom is 0.407 e. The molecule has 0 spiro atoms. The second kappa shape index (κ2) is 9.66. The molecule has 164 valence electrons. The average molecular weight is 431 g/mol. The molecule has 1 heterocycles. The van der Waals surface area contributed by atoms with Gasteiger partial charge in [-0.1, -0.05) is 78.9 Å². The molecule has 2 amide bonds. The van der Waals surface area contributed by atoms with E-state index in [9.17, 15) is 14.7 Å². The predicted molar refractivity (Wildman–Crippen MR) is 122 cm³/mol. The van der Waals surface area contributed by atoms with Gasteiger partial charge in [0.25, 0.3) is 0 Å². The summed E-state index contributed by atoms with van der Waals surface area (Å²) in [5.74, 6) is -0.139. The number of para-hydroxylation sites is 1. The van der Waals surface area contributed by atoms with Gasteiger partial charge >= 0.3 is 6.09 Å². The Bertz CT molecular complexity index is 1070. The highest BCUT2D eigenvalue weighted by molar-refractivity contribution is 6.08. The summed E-state index contributed by atoms with van der Waals surface area (Å²) in [6.45, 7) is 0.426. The van der Waals surface area contributed by atoms with Crippen LogP contribution < -0.4 is 10.2 Å². The van der Waals surface area contributed by atoms with Crippen LogP contribution in [-0.2, 0) is 28.1 Å². The Hall–Kier alpha value is -3.64. The van der Waals surface area contributed by atoms with Crippen molar-refractivity contribution in [3.05, 3.63) is 102 Å². The molecule has 0 saturated carbocycles. The Morgan fingerprint density at radius 2 is 1.53 bits per heavy atom. The summed E-state index contributed by atoms with van der Waals surface area (Å²) >= 11 is 0. The van der Waals surface area contributed by atoms with E-state index in [1.807, 2.05) is 84.9 Å². The van der Waals surface area contributed by atoms with Crippen LogP contribution in [0, 0.1) is 0 Å². The highest BCUT2D eigenvalue weighted by Gasteiger charge is 2.50. The largest absolute Gasteiger partial charge is 0.445 e. The van der Waals surface area contributed by atoms with E-state index in [1.165, 1.54) is 0 Å². The molecule has 6 nitrogen and oxygen atoms in total. The number of nitrogens with one attached hydrogen (secondary N) is 1. The zero-order valence-corrected chi connectivity index (χ0v) is 17.7. The second-order valence-corrected chi connectivity index (χ2v) is 7.87. The molecule has 1 aliphatic heterocycles. The molecule has 1 aliphatic rings. The van der Waals surface area contributed by atoms with Gasteiger partial charge in [-0.2, -0.15) is 0 Å². The quantitative estimate of drug-likeness (QED) is 0.570. The molecule has 3 aromatic rings. The molecule has 32 heavy (non-hydrogen) atoms. The molecular weight excluding hydrogens is 404 g/mol. The van der Waals surface area contributed by atoms with Gasteiger partial charge in [0.1, 0.15) is 6.61 Å². The molecule has 4 rings (SSSR count). The number of aliphatic hydroxyl groups excluding tert-OH is 1. The Labute approximate surface area is 187 Å². The number of ether oxygens (including phenoxy) is 1. The zero-order chi connectivity index (χ0) is 22.4. The van der Waals surface area contributed by atoms with Gasteiger partial charge in [0.15, 0.2) is 0 Å². The first-order valence-electron chi connectivity index (χ1n) is 10.6. The van der Waals surface area contributed by atoms with E-state index in [-0.39, 0.29) is 32.1 Å². The van der Waals surface area contributed by atoms with E-state index in [1.54, 1.807) is 4.90 Å². The Kier molecular flexibility index (Phi) is 6.52. The van der Waals surface area contributed by atoms with E-state index in [0.717, 1.165) is 22.4 Å². The fraction of sp³-hybridized carbons (Fsp3) is 0.231. The SMILES string of the molecule is O=C(NC[C@]1(CCO)C(=O)N(Cc2ccccc2)c2ccccc21)OCc1ccccc1. The minimum absolute atomic E-state index is 0.0440. The molecule has 0 aliphatic carbocycles. The lowest BCUT2D eigenvalue weighted by Gasteiger charge is -2.28. The number of aliphatic hydroxyl groups is 1. The predicted octanol–water partition coefficient (Wildman–Crippen LogP) is 3.78. The number of hydrogen-bond donors (Lipinski definition) is 2. The van der Waals surface area contributed by atoms with Gasteiger partial charge in [0.05, 0.1) is 12.0 Å². The Morgan fingerprint density at radius 1 is 0.906 bits per heavy atom. The number of carbonyl (C=O) groups excluding carboxylic acids is 2. The van der Waals surface area contributed by atoms with E-state index in [0.29, 0.717) is 6.54 Å². The molecule has 0 bridgehead atoms. The van der Waals surface area contributed by atoms with Gasteiger partial charge in [-0.3, -0.25) is 4.79 Å². The molecule has 0 saturated heterocycles. The van der Waals surface area contributed by atoms with Crippen molar-refractivity contribution in [1.29, 1.82) is 0 Å². The van der Waals surface area contributed by atoms with Crippen LogP contribution in [0.5, 0.6) is 0 Å². The second-order valence-electron chi connectivity index (χ2n) is 7.87. The summed E-state index contributed by atoms with van der Waals surface area (Å²) in [6.07, 6.45) is -0.398. The molecule has 3 aromatic carbocycles. The van der Waals surface area contributed by atoms with E-state index in [2.05, 4.69) is 5.32 Å².